The van der Waals surface area contributed by atoms with E-state index in [1.165, 1.54) is 6.92 Å². The van der Waals surface area contributed by atoms with E-state index in [9.17, 15) is 4.79 Å². The molecule has 2 N–H and O–H groups in total. The first kappa shape index (κ1) is 12.2. The Morgan fingerprint density at radius 1 is 1.56 bits per heavy atom. The lowest BCUT2D eigenvalue weighted by Gasteiger charge is -2.03. The van der Waals surface area contributed by atoms with Gasteiger partial charge < -0.3 is 10.4 Å². The topological polar surface area (TPSA) is 62.2 Å². The molecule has 0 spiro atoms. The first-order valence-electron chi connectivity index (χ1n) is 4.98. The number of rotatable bonds is 2. The third-order valence-electron chi connectivity index (χ3n) is 1.85. The Labute approximate surface area is 94.7 Å². The van der Waals surface area contributed by atoms with Gasteiger partial charge in [0.15, 0.2) is 0 Å². The fourth-order valence-corrected chi connectivity index (χ4v) is 1.16. The second-order valence-corrected chi connectivity index (χ2v) is 3.29. The molecule has 0 aromatic carbocycles. The Morgan fingerprint density at radius 2 is 2.31 bits per heavy atom. The zero-order valence-electron chi connectivity index (χ0n) is 9.37. The van der Waals surface area contributed by atoms with Crippen LogP contribution in [0.1, 0.15) is 24.6 Å². The van der Waals surface area contributed by atoms with Crippen LogP contribution in [0.3, 0.4) is 0 Å². The van der Waals surface area contributed by atoms with Crippen LogP contribution in [-0.2, 0) is 4.79 Å². The molecule has 0 aliphatic heterocycles. The molecule has 0 fully saturated rings. The monoisotopic (exact) mass is 218 g/mol. The van der Waals surface area contributed by atoms with Crippen molar-refractivity contribution in [3.63, 3.8) is 0 Å². The number of nitrogens with one attached hydrogen (secondary N) is 1. The van der Waals surface area contributed by atoms with E-state index in [4.69, 9.17) is 5.11 Å². The minimum Gasteiger partial charge on any atom is -0.395 e. The number of carbonyl (C=O) groups excluding carboxylic acids is 1. The second-order valence-electron chi connectivity index (χ2n) is 3.29. The molecule has 0 saturated carbocycles. The van der Waals surface area contributed by atoms with Crippen molar-refractivity contribution in [2.24, 2.45) is 0 Å². The summed E-state index contributed by atoms with van der Waals surface area (Å²) >= 11 is 0. The van der Waals surface area contributed by atoms with Gasteiger partial charge in [-0.3, -0.25) is 4.79 Å². The molecule has 1 aromatic rings. The van der Waals surface area contributed by atoms with Gasteiger partial charge in [-0.25, -0.2) is 4.98 Å². The molecule has 1 aromatic heterocycles. The molecular weight excluding hydrogens is 204 g/mol. The fraction of sp³-hybridized carbons (Fsp3) is 0.333. The van der Waals surface area contributed by atoms with E-state index in [1.54, 1.807) is 12.1 Å². The molecule has 0 aliphatic rings. The van der Waals surface area contributed by atoms with Gasteiger partial charge in [-0.15, -0.1) is 0 Å². The van der Waals surface area contributed by atoms with Crippen LogP contribution in [-0.4, -0.2) is 22.6 Å². The largest absolute Gasteiger partial charge is 0.395 e. The van der Waals surface area contributed by atoms with Crippen molar-refractivity contribution in [2.45, 2.75) is 20.3 Å². The Bertz CT molecular complexity index is 444. The highest BCUT2D eigenvalue weighted by atomic mass is 16.2. The van der Waals surface area contributed by atoms with Gasteiger partial charge >= 0.3 is 0 Å². The summed E-state index contributed by atoms with van der Waals surface area (Å²) in [6, 6.07) is 3.51. The van der Waals surface area contributed by atoms with Crippen LogP contribution in [0.15, 0.2) is 12.1 Å². The molecule has 1 rings (SSSR count). The van der Waals surface area contributed by atoms with Gasteiger partial charge in [-0.1, -0.05) is 11.8 Å². The molecular formula is C12H14N2O2. The van der Waals surface area contributed by atoms with Crippen molar-refractivity contribution in [3.8, 4) is 11.8 Å². The predicted octanol–water partition coefficient (Wildman–Crippen LogP) is 1.08. The number of aryl methyl sites for hydroxylation is 1. The number of aromatic nitrogens is 1. The van der Waals surface area contributed by atoms with E-state index in [0.29, 0.717) is 12.2 Å². The quantitative estimate of drug-likeness (QED) is 0.730. The molecule has 1 heterocycles. The zero-order chi connectivity index (χ0) is 12.0. The van der Waals surface area contributed by atoms with Gasteiger partial charge in [0.2, 0.25) is 5.91 Å². The van der Waals surface area contributed by atoms with Crippen molar-refractivity contribution >= 4 is 11.7 Å². The van der Waals surface area contributed by atoms with E-state index >= 15 is 0 Å². The minimum absolute atomic E-state index is 0.0590. The highest BCUT2D eigenvalue weighted by Crippen LogP contribution is 2.09. The zero-order valence-corrected chi connectivity index (χ0v) is 9.37. The normalized spacial score (nSPS) is 9.19. The fourth-order valence-electron chi connectivity index (χ4n) is 1.16. The maximum absolute atomic E-state index is 10.8. The Kier molecular flexibility index (Phi) is 4.49. The number of amides is 1. The smallest absolute Gasteiger partial charge is 0.222 e. The number of aliphatic hydroxyl groups excluding tert-OH is 1. The molecule has 4 nitrogen and oxygen atoms in total. The molecule has 84 valence electrons. The van der Waals surface area contributed by atoms with Crippen LogP contribution in [0.2, 0.25) is 0 Å². The third-order valence-corrected chi connectivity index (χ3v) is 1.85. The minimum atomic E-state index is -0.147. The molecule has 0 unspecified atom stereocenters. The Hall–Kier alpha value is -1.86. The summed E-state index contributed by atoms with van der Waals surface area (Å²) in [5, 5.41) is 11.2. The average Bonchev–Trinajstić information content (AvgIpc) is 2.20. The molecule has 0 atom stereocenters. The molecule has 0 saturated heterocycles. The predicted molar refractivity (Wildman–Crippen MR) is 61.9 cm³/mol. The summed E-state index contributed by atoms with van der Waals surface area (Å²) in [5.41, 5.74) is 1.57. The Balaban J connectivity index is 2.84. The van der Waals surface area contributed by atoms with E-state index in [0.717, 1.165) is 11.3 Å². The third kappa shape index (κ3) is 3.71. The van der Waals surface area contributed by atoms with Gasteiger partial charge in [-0.05, 0) is 19.1 Å². The highest BCUT2D eigenvalue weighted by molar-refractivity contribution is 5.87. The molecule has 0 radical (unpaired) electrons. The lowest BCUT2D eigenvalue weighted by atomic mass is 10.2. The van der Waals surface area contributed by atoms with Crippen LogP contribution in [0.25, 0.3) is 0 Å². The molecule has 0 bridgehead atoms. The SMILES string of the molecule is CC(=O)Nc1ccc(C#CCCO)c(C)n1. The maximum Gasteiger partial charge on any atom is 0.222 e. The van der Waals surface area contributed by atoms with Crippen LogP contribution >= 0.6 is 0 Å². The highest BCUT2D eigenvalue weighted by Gasteiger charge is 2.00. The summed E-state index contributed by atoms with van der Waals surface area (Å²) < 4.78 is 0. The van der Waals surface area contributed by atoms with Gasteiger partial charge in [0.1, 0.15) is 5.82 Å². The van der Waals surface area contributed by atoms with E-state index < -0.39 is 0 Å². The summed E-state index contributed by atoms with van der Waals surface area (Å²) in [5.74, 6) is 6.11. The van der Waals surface area contributed by atoms with Crippen molar-refractivity contribution in [1.82, 2.24) is 4.98 Å². The number of anilines is 1. The van der Waals surface area contributed by atoms with Crippen LogP contribution in [0.4, 0.5) is 5.82 Å². The number of pyridine rings is 1. The van der Waals surface area contributed by atoms with Crippen molar-refractivity contribution in [1.29, 1.82) is 0 Å². The lowest BCUT2D eigenvalue weighted by Crippen LogP contribution is -2.08. The number of hydrogen-bond donors (Lipinski definition) is 2. The van der Waals surface area contributed by atoms with E-state index in [-0.39, 0.29) is 12.5 Å². The molecule has 4 heteroatoms. The molecule has 16 heavy (non-hydrogen) atoms. The van der Waals surface area contributed by atoms with Crippen LogP contribution in [0.5, 0.6) is 0 Å². The number of nitrogens with zero attached hydrogens (tertiary/aromatic N) is 1. The van der Waals surface area contributed by atoms with E-state index in [2.05, 4.69) is 22.1 Å². The summed E-state index contributed by atoms with van der Waals surface area (Å²) in [6.45, 7) is 3.32. The average molecular weight is 218 g/mol. The lowest BCUT2D eigenvalue weighted by molar-refractivity contribution is -0.114. The van der Waals surface area contributed by atoms with Gasteiger partial charge in [-0.2, -0.15) is 0 Å². The van der Waals surface area contributed by atoms with Crippen LogP contribution in [0, 0.1) is 18.8 Å². The second kappa shape index (κ2) is 5.89. The summed E-state index contributed by atoms with van der Waals surface area (Å²) in [6.07, 6.45) is 0.451. The first-order chi connectivity index (χ1) is 7.63. The van der Waals surface area contributed by atoms with Gasteiger partial charge in [0, 0.05) is 18.9 Å². The summed E-state index contributed by atoms with van der Waals surface area (Å²) in [4.78, 5) is 15.0. The van der Waals surface area contributed by atoms with Crippen molar-refractivity contribution in [2.75, 3.05) is 11.9 Å². The molecule has 1 amide bonds. The maximum atomic E-state index is 10.8. The number of carbonyl (C=O) groups is 1. The number of aliphatic hydroxyl groups is 1. The Morgan fingerprint density at radius 3 is 2.88 bits per heavy atom. The van der Waals surface area contributed by atoms with Gasteiger partial charge in [0.05, 0.1) is 12.3 Å². The van der Waals surface area contributed by atoms with Crippen LogP contribution < -0.4 is 5.32 Å². The van der Waals surface area contributed by atoms with Crippen molar-refractivity contribution in [3.05, 3.63) is 23.4 Å². The van der Waals surface area contributed by atoms with E-state index in [1.807, 2.05) is 6.92 Å². The number of hydrogen-bond acceptors (Lipinski definition) is 3. The summed E-state index contributed by atoms with van der Waals surface area (Å²) in [7, 11) is 0. The van der Waals surface area contributed by atoms with Gasteiger partial charge in [0.25, 0.3) is 0 Å². The molecule has 0 aliphatic carbocycles. The van der Waals surface area contributed by atoms with Crippen molar-refractivity contribution < 1.29 is 9.90 Å². The first-order valence-corrected chi connectivity index (χ1v) is 4.98. The standard InChI is InChI=1S/C12H14N2O2/c1-9-11(5-3-4-8-15)6-7-12(13-9)14-10(2)16/h6-7,15H,4,8H2,1-2H3,(H,13,14,16).